The predicted octanol–water partition coefficient (Wildman–Crippen LogP) is 3.92. The summed E-state index contributed by atoms with van der Waals surface area (Å²) >= 11 is 0. The first-order valence-electron chi connectivity index (χ1n) is 9.27. The lowest BCUT2D eigenvalue weighted by atomic mass is 10.1. The normalized spacial score (nSPS) is 16.6. The molecule has 0 amide bonds. The maximum atomic E-state index is 5.77. The molecule has 6 heteroatoms. The number of benzene rings is 1. The van der Waals surface area contributed by atoms with Gasteiger partial charge < -0.3 is 19.5 Å². The van der Waals surface area contributed by atoms with Gasteiger partial charge in [-0.2, -0.15) is 0 Å². The number of ether oxygens (including phenoxy) is 3. The molecule has 0 aliphatic carbocycles. The highest BCUT2D eigenvalue weighted by Gasteiger charge is 2.21. The van der Waals surface area contributed by atoms with Gasteiger partial charge in [0.2, 0.25) is 0 Å². The summed E-state index contributed by atoms with van der Waals surface area (Å²) in [5, 5.41) is 3.57. The third kappa shape index (κ3) is 3.32. The molecular weight excluding hydrogens is 342 g/mol. The van der Waals surface area contributed by atoms with E-state index in [1.54, 1.807) is 14.2 Å². The fourth-order valence-corrected chi connectivity index (χ4v) is 3.57. The highest BCUT2D eigenvalue weighted by atomic mass is 16.5. The molecule has 6 nitrogen and oxygen atoms in total. The van der Waals surface area contributed by atoms with Gasteiger partial charge in [-0.3, -0.25) is 4.40 Å². The third-order valence-corrected chi connectivity index (χ3v) is 5.03. The van der Waals surface area contributed by atoms with Crippen molar-refractivity contribution in [3.05, 3.63) is 42.1 Å². The molecule has 0 spiro atoms. The molecule has 142 valence electrons. The van der Waals surface area contributed by atoms with E-state index in [0.29, 0.717) is 0 Å². The van der Waals surface area contributed by atoms with Crippen LogP contribution in [0, 0.1) is 6.92 Å². The molecule has 27 heavy (non-hydrogen) atoms. The van der Waals surface area contributed by atoms with E-state index in [1.165, 1.54) is 0 Å². The van der Waals surface area contributed by atoms with Crippen LogP contribution in [-0.2, 0) is 4.74 Å². The Bertz CT molecular complexity index is 945. The summed E-state index contributed by atoms with van der Waals surface area (Å²) in [5.41, 5.74) is 3.84. The minimum atomic E-state index is 0.242. The molecule has 0 radical (unpaired) electrons. The van der Waals surface area contributed by atoms with Gasteiger partial charge in [-0.15, -0.1) is 0 Å². The molecule has 1 N–H and O–H groups in total. The summed E-state index contributed by atoms with van der Waals surface area (Å²) in [4.78, 5) is 4.93. The van der Waals surface area contributed by atoms with Crippen LogP contribution in [0.3, 0.4) is 0 Å². The summed E-state index contributed by atoms with van der Waals surface area (Å²) in [6.45, 7) is 3.67. The van der Waals surface area contributed by atoms with Crippen molar-refractivity contribution < 1.29 is 14.2 Å². The van der Waals surface area contributed by atoms with Crippen molar-refractivity contribution in [1.82, 2.24) is 9.38 Å². The van der Waals surface area contributed by atoms with Gasteiger partial charge in [-0.1, -0.05) is 6.07 Å². The standard InChI is InChI=1S/C21H25N3O3/c1-14-6-4-10-24-20(14)23-19(21(24)22-13-16-7-5-11-27-16)17-9-8-15(25-2)12-18(17)26-3/h4,6,8-10,12,16,22H,5,7,11,13H2,1-3H3/t16-/m1/s1. The molecule has 0 bridgehead atoms. The average molecular weight is 367 g/mol. The van der Waals surface area contributed by atoms with Gasteiger partial charge in [-0.05, 0) is 43.5 Å². The Hall–Kier alpha value is -2.73. The van der Waals surface area contributed by atoms with E-state index in [1.807, 2.05) is 30.5 Å². The number of aromatic nitrogens is 2. The summed E-state index contributed by atoms with van der Waals surface area (Å²) in [7, 11) is 3.32. The molecule has 1 fully saturated rings. The van der Waals surface area contributed by atoms with Crippen LogP contribution in [0.5, 0.6) is 11.5 Å². The van der Waals surface area contributed by atoms with Gasteiger partial charge in [0.05, 0.1) is 20.3 Å². The quantitative estimate of drug-likeness (QED) is 0.716. The van der Waals surface area contributed by atoms with Crippen molar-refractivity contribution in [3.63, 3.8) is 0 Å². The number of nitrogens with zero attached hydrogens (tertiary/aromatic N) is 2. The molecule has 4 rings (SSSR count). The second kappa shape index (κ2) is 7.48. The van der Waals surface area contributed by atoms with E-state index in [0.717, 1.165) is 65.8 Å². The fraction of sp³-hybridized carbons (Fsp3) is 0.381. The summed E-state index contributed by atoms with van der Waals surface area (Å²) in [6.07, 6.45) is 4.49. The second-order valence-corrected chi connectivity index (χ2v) is 6.78. The van der Waals surface area contributed by atoms with E-state index in [2.05, 4.69) is 22.7 Å². The molecule has 1 aliphatic rings. The van der Waals surface area contributed by atoms with Crippen molar-refractivity contribution in [2.75, 3.05) is 32.7 Å². The Kier molecular flexibility index (Phi) is 4.90. The van der Waals surface area contributed by atoms with E-state index < -0.39 is 0 Å². The lowest BCUT2D eigenvalue weighted by molar-refractivity contribution is 0.120. The second-order valence-electron chi connectivity index (χ2n) is 6.78. The van der Waals surface area contributed by atoms with Crippen molar-refractivity contribution >= 4 is 11.5 Å². The Labute approximate surface area is 159 Å². The fourth-order valence-electron chi connectivity index (χ4n) is 3.57. The van der Waals surface area contributed by atoms with Gasteiger partial charge in [0.1, 0.15) is 28.7 Å². The van der Waals surface area contributed by atoms with E-state index >= 15 is 0 Å². The molecule has 1 aliphatic heterocycles. The van der Waals surface area contributed by atoms with Gasteiger partial charge >= 0.3 is 0 Å². The van der Waals surface area contributed by atoms with Crippen LogP contribution in [0.15, 0.2) is 36.5 Å². The Morgan fingerprint density at radius 2 is 2.15 bits per heavy atom. The largest absolute Gasteiger partial charge is 0.497 e. The number of hydrogen-bond donors (Lipinski definition) is 1. The highest BCUT2D eigenvalue weighted by molar-refractivity contribution is 5.81. The molecule has 0 saturated carbocycles. The smallest absolute Gasteiger partial charge is 0.142 e. The van der Waals surface area contributed by atoms with Crippen LogP contribution in [0.25, 0.3) is 16.9 Å². The van der Waals surface area contributed by atoms with Crippen molar-refractivity contribution in [2.45, 2.75) is 25.9 Å². The molecule has 0 unspecified atom stereocenters. The highest BCUT2D eigenvalue weighted by Crippen LogP contribution is 2.37. The molecule has 1 saturated heterocycles. The number of pyridine rings is 1. The van der Waals surface area contributed by atoms with Crippen molar-refractivity contribution in [3.8, 4) is 22.8 Å². The number of anilines is 1. The molecule has 3 aromatic rings. The molecule has 3 heterocycles. The SMILES string of the molecule is COc1ccc(-c2nc3c(C)cccn3c2NC[C@H]2CCCO2)c(OC)c1. The first kappa shape index (κ1) is 17.7. The lowest BCUT2D eigenvalue weighted by Crippen LogP contribution is -2.19. The number of fused-ring (bicyclic) bond motifs is 1. The van der Waals surface area contributed by atoms with Crippen LogP contribution < -0.4 is 14.8 Å². The summed E-state index contributed by atoms with van der Waals surface area (Å²) in [5.74, 6) is 2.44. The number of aryl methyl sites for hydroxylation is 1. The van der Waals surface area contributed by atoms with E-state index in [4.69, 9.17) is 19.2 Å². The Morgan fingerprint density at radius 1 is 1.26 bits per heavy atom. The maximum absolute atomic E-state index is 5.77. The minimum Gasteiger partial charge on any atom is -0.497 e. The van der Waals surface area contributed by atoms with Gasteiger partial charge in [0.25, 0.3) is 0 Å². The predicted molar refractivity (Wildman–Crippen MR) is 106 cm³/mol. The number of methoxy groups -OCH3 is 2. The zero-order chi connectivity index (χ0) is 18.8. The van der Waals surface area contributed by atoms with Crippen molar-refractivity contribution in [2.24, 2.45) is 0 Å². The molecular formula is C21H25N3O3. The average Bonchev–Trinajstić information content (AvgIpc) is 3.34. The first-order valence-corrected chi connectivity index (χ1v) is 9.27. The van der Waals surface area contributed by atoms with E-state index in [9.17, 15) is 0 Å². The minimum absolute atomic E-state index is 0.242. The number of imidazole rings is 1. The monoisotopic (exact) mass is 367 g/mol. The molecule has 2 aromatic heterocycles. The maximum Gasteiger partial charge on any atom is 0.142 e. The Morgan fingerprint density at radius 3 is 2.89 bits per heavy atom. The van der Waals surface area contributed by atoms with Gasteiger partial charge in [0, 0.05) is 31.0 Å². The van der Waals surface area contributed by atoms with Crippen LogP contribution in [0.4, 0.5) is 5.82 Å². The Balaban J connectivity index is 1.81. The number of hydrogen-bond acceptors (Lipinski definition) is 5. The van der Waals surface area contributed by atoms with Crippen LogP contribution in [0.1, 0.15) is 18.4 Å². The van der Waals surface area contributed by atoms with Crippen LogP contribution >= 0.6 is 0 Å². The van der Waals surface area contributed by atoms with Crippen molar-refractivity contribution in [1.29, 1.82) is 0 Å². The van der Waals surface area contributed by atoms with Crippen LogP contribution in [0.2, 0.25) is 0 Å². The lowest BCUT2D eigenvalue weighted by Gasteiger charge is -2.14. The summed E-state index contributed by atoms with van der Waals surface area (Å²) < 4.78 is 18.8. The van der Waals surface area contributed by atoms with Crippen LogP contribution in [-0.4, -0.2) is 42.9 Å². The number of rotatable bonds is 6. The number of nitrogens with one attached hydrogen (secondary N) is 1. The molecule has 1 atom stereocenters. The zero-order valence-electron chi connectivity index (χ0n) is 16.0. The van der Waals surface area contributed by atoms with Gasteiger partial charge in [-0.25, -0.2) is 4.98 Å². The first-order chi connectivity index (χ1) is 13.2. The zero-order valence-corrected chi connectivity index (χ0v) is 16.0. The third-order valence-electron chi connectivity index (χ3n) is 5.03. The molecule has 1 aromatic carbocycles. The summed E-state index contributed by atoms with van der Waals surface area (Å²) in [6, 6.07) is 9.91. The van der Waals surface area contributed by atoms with E-state index in [-0.39, 0.29) is 6.10 Å². The van der Waals surface area contributed by atoms with Gasteiger partial charge in [0.15, 0.2) is 0 Å². The topological polar surface area (TPSA) is 57.0 Å².